The van der Waals surface area contributed by atoms with Gasteiger partial charge in [-0.3, -0.25) is 4.79 Å². The molecule has 1 aromatic rings. The Morgan fingerprint density at radius 1 is 1.22 bits per heavy atom. The topological polar surface area (TPSA) is 87.7 Å². The first-order chi connectivity index (χ1) is 11.0. The van der Waals surface area contributed by atoms with Crippen molar-refractivity contribution in [3.8, 4) is 5.75 Å². The number of hydrogen-bond donors (Lipinski definition) is 3. The number of carboxylic acid groups (broad SMARTS) is 1. The molecule has 0 radical (unpaired) electrons. The predicted octanol–water partition coefficient (Wildman–Crippen LogP) is 2.78. The first kappa shape index (κ1) is 18.8. The number of carbonyl (C=O) groups excluding carboxylic acids is 1. The third-order valence-corrected chi connectivity index (χ3v) is 3.22. The Labute approximate surface area is 137 Å². The first-order valence-corrected chi connectivity index (χ1v) is 7.93. The van der Waals surface area contributed by atoms with Gasteiger partial charge in [0.05, 0.1) is 6.61 Å². The van der Waals surface area contributed by atoms with Gasteiger partial charge in [-0.15, -0.1) is 0 Å². The molecule has 0 unspecified atom stereocenters. The summed E-state index contributed by atoms with van der Waals surface area (Å²) in [5.74, 6) is 0.496. The van der Waals surface area contributed by atoms with E-state index in [1.165, 1.54) is 0 Å². The Hall–Kier alpha value is -2.24. The maximum absolute atomic E-state index is 11.7. The van der Waals surface area contributed by atoms with Crippen LogP contribution in [-0.4, -0.2) is 30.3 Å². The fraction of sp³-hybridized carbons (Fsp3) is 0.529. The minimum absolute atomic E-state index is 0.0484. The monoisotopic (exact) mass is 322 g/mol. The highest BCUT2D eigenvalue weighted by Crippen LogP contribution is 2.18. The van der Waals surface area contributed by atoms with Crippen LogP contribution in [-0.2, 0) is 11.3 Å². The molecule has 1 rings (SSSR count). The molecule has 128 valence electrons. The number of carbonyl (C=O) groups is 2. The molecule has 6 heteroatoms. The molecule has 0 saturated carbocycles. The highest BCUT2D eigenvalue weighted by molar-refractivity contribution is 5.74. The molecule has 1 aromatic carbocycles. The lowest BCUT2D eigenvalue weighted by Gasteiger charge is -2.13. The average molecular weight is 322 g/mol. The molecule has 0 aromatic heterocycles. The van der Waals surface area contributed by atoms with E-state index in [4.69, 9.17) is 9.84 Å². The lowest BCUT2D eigenvalue weighted by atomic mass is 10.1. The predicted molar refractivity (Wildman–Crippen MR) is 88.5 cm³/mol. The second kappa shape index (κ2) is 10.5. The van der Waals surface area contributed by atoms with Gasteiger partial charge in [0.2, 0.25) is 0 Å². The van der Waals surface area contributed by atoms with E-state index in [0.717, 1.165) is 17.7 Å². The van der Waals surface area contributed by atoms with Gasteiger partial charge in [0, 0.05) is 25.1 Å². The van der Waals surface area contributed by atoms with E-state index >= 15 is 0 Å². The van der Waals surface area contributed by atoms with Crippen molar-refractivity contribution in [3.63, 3.8) is 0 Å². The normalized spacial score (nSPS) is 10.4. The maximum atomic E-state index is 11.7. The number of amides is 2. The average Bonchev–Trinajstić information content (AvgIpc) is 2.50. The molecule has 3 N–H and O–H groups in total. The lowest BCUT2D eigenvalue weighted by molar-refractivity contribution is -0.137. The van der Waals surface area contributed by atoms with Gasteiger partial charge in [-0.05, 0) is 24.8 Å². The van der Waals surface area contributed by atoms with Gasteiger partial charge in [-0.25, -0.2) is 4.79 Å². The van der Waals surface area contributed by atoms with Crippen LogP contribution >= 0.6 is 0 Å². The molecule has 0 aliphatic carbocycles. The number of rotatable bonds is 10. The van der Waals surface area contributed by atoms with Crippen LogP contribution in [0.2, 0.25) is 0 Å². The van der Waals surface area contributed by atoms with Crippen molar-refractivity contribution in [1.82, 2.24) is 10.6 Å². The zero-order chi connectivity index (χ0) is 17.1. The first-order valence-electron chi connectivity index (χ1n) is 7.93. The summed E-state index contributed by atoms with van der Waals surface area (Å²) in [7, 11) is 0. The number of para-hydroxylation sites is 1. The molecule has 0 atom stereocenters. The standard InChI is InChI=1S/C17H26N2O4/c1-13(2)9-11-23-15-7-4-3-6-14(15)12-19-17(22)18-10-5-8-16(20)21/h3-4,6-7,13H,5,8-12H2,1-2H3,(H,20,21)(H2,18,19,22). The van der Waals surface area contributed by atoms with Crippen LogP contribution in [0.25, 0.3) is 0 Å². The van der Waals surface area contributed by atoms with E-state index < -0.39 is 5.97 Å². The minimum atomic E-state index is -0.861. The summed E-state index contributed by atoms with van der Waals surface area (Å²) in [6.45, 7) is 5.64. The number of aliphatic carboxylic acids is 1. The molecule has 23 heavy (non-hydrogen) atoms. The molecular weight excluding hydrogens is 296 g/mol. The molecule has 2 amide bonds. The molecule has 0 aliphatic rings. The quantitative estimate of drug-likeness (QED) is 0.578. The van der Waals surface area contributed by atoms with Crippen LogP contribution in [0.3, 0.4) is 0 Å². The second-order valence-corrected chi connectivity index (χ2v) is 5.75. The van der Waals surface area contributed by atoms with Crippen molar-refractivity contribution in [2.45, 2.75) is 39.7 Å². The fourth-order valence-electron chi connectivity index (χ4n) is 1.87. The number of urea groups is 1. The number of carboxylic acids is 1. The summed E-state index contributed by atoms with van der Waals surface area (Å²) in [6.07, 6.45) is 1.44. The van der Waals surface area contributed by atoms with E-state index in [0.29, 0.717) is 32.0 Å². The van der Waals surface area contributed by atoms with Crippen molar-refractivity contribution in [2.24, 2.45) is 5.92 Å². The highest BCUT2D eigenvalue weighted by atomic mass is 16.5. The minimum Gasteiger partial charge on any atom is -0.493 e. The second-order valence-electron chi connectivity index (χ2n) is 5.75. The molecule has 6 nitrogen and oxygen atoms in total. The zero-order valence-corrected chi connectivity index (χ0v) is 13.8. The number of nitrogens with one attached hydrogen (secondary N) is 2. The molecule has 0 bridgehead atoms. The summed E-state index contributed by atoms with van der Waals surface area (Å²) < 4.78 is 5.77. The van der Waals surface area contributed by atoms with Gasteiger partial charge in [0.15, 0.2) is 0 Å². The highest BCUT2D eigenvalue weighted by Gasteiger charge is 2.06. The van der Waals surface area contributed by atoms with Crippen molar-refractivity contribution >= 4 is 12.0 Å². The summed E-state index contributed by atoms with van der Waals surface area (Å²) in [4.78, 5) is 22.0. The SMILES string of the molecule is CC(C)CCOc1ccccc1CNC(=O)NCCCC(=O)O. The Kier molecular flexibility index (Phi) is 8.57. The smallest absolute Gasteiger partial charge is 0.315 e. The van der Waals surface area contributed by atoms with Crippen LogP contribution in [0.15, 0.2) is 24.3 Å². The van der Waals surface area contributed by atoms with E-state index in [1.807, 2.05) is 24.3 Å². The van der Waals surface area contributed by atoms with Crippen molar-refractivity contribution in [2.75, 3.05) is 13.2 Å². The van der Waals surface area contributed by atoms with Gasteiger partial charge in [-0.1, -0.05) is 32.0 Å². The lowest BCUT2D eigenvalue weighted by Crippen LogP contribution is -2.35. The molecule has 0 aliphatic heterocycles. The summed E-state index contributed by atoms with van der Waals surface area (Å²) in [6, 6.07) is 7.29. The number of ether oxygens (including phenoxy) is 1. The van der Waals surface area contributed by atoms with E-state index in [-0.39, 0.29) is 12.5 Å². The van der Waals surface area contributed by atoms with E-state index in [1.54, 1.807) is 0 Å². The van der Waals surface area contributed by atoms with Crippen LogP contribution in [0.4, 0.5) is 4.79 Å². The van der Waals surface area contributed by atoms with Gasteiger partial charge >= 0.3 is 12.0 Å². The summed E-state index contributed by atoms with van der Waals surface area (Å²) in [5, 5.41) is 13.9. The Morgan fingerprint density at radius 2 is 1.96 bits per heavy atom. The number of benzene rings is 1. The molecule has 0 saturated heterocycles. The molecular formula is C17H26N2O4. The fourth-order valence-corrected chi connectivity index (χ4v) is 1.87. The van der Waals surface area contributed by atoms with Crippen molar-refractivity contribution in [3.05, 3.63) is 29.8 Å². The maximum Gasteiger partial charge on any atom is 0.315 e. The third kappa shape index (κ3) is 8.70. The number of hydrogen-bond acceptors (Lipinski definition) is 3. The van der Waals surface area contributed by atoms with Gasteiger partial charge < -0.3 is 20.5 Å². The largest absolute Gasteiger partial charge is 0.493 e. The molecule has 0 spiro atoms. The van der Waals surface area contributed by atoms with Gasteiger partial charge in [0.25, 0.3) is 0 Å². The zero-order valence-electron chi connectivity index (χ0n) is 13.8. The molecule has 0 heterocycles. The Bertz CT molecular complexity index is 503. The van der Waals surface area contributed by atoms with Crippen molar-refractivity contribution in [1.29, 1.82) is 0 Å². The van der Waals surface area contributed by atoms with Crippen LogP contribution in [0, 0.1) is 5.92 Å². The molecule has 0 fully saturated rings. The van der Waals surface area contributed by atoms with Gasteiger partial charge in [0.1, 0.15) is 5.75 Å². The summed E-state index contributed by atoms with van der Waals surface area (Å²) >= 11 is 0. The Balaban J connectivity index is 2.35. The van der Waals surface area contributed by atoms with E-state index in [9.17, 15) is 9.59 Å². The van der Waals surface area contributed by atoms with E-state index in [2.05, 4.69) is 24.5 Å². The van der Waals surface area contributed by atoms with Crippen molar-refractivity contribution < 1.29 is 19.4 Å². The van der Waals surface area contributed by atoms with Crippen LogP contribution in [0.5, 0.6) is 5.75 Å². The summed E-state index contributed by atoms with van der Waals surface area (Å²) in [5.41, 5.74) is 0.914. The van der Waals surface area contributed by atoms with Gasteiger partial charge in [-0.2, -0.15) is 0 Å². The van der Waals surface area contributed by atoms with Crippen LogP contribution < -0.4 is 15.4 Å². The third-order valence-electron chi connectivity index (χ3n) is 3.22. The van der Waals surface area contributed by atoms with Crippen LogP contribution in [0.1, 0.15) is 38.7 Å². The Morgan fingerprint density at radius 3 is 2.65 bits per heavy atom.